The highest BCUT2D eigenvalue weighted by Crippen LogP contribution is 2.27. The molecule has 10 heteroatoms. The van der Waals surface area contributed by atoms with E-state index >= 15 is 0 Å². The smallest absolute Gasteiger partial charge is 0.269 e. The molecular formula is C31H32N4O6. The predicted octanol–water partition coefficient (Wildman–Crippen LogP) is 3.14. The lowest BCUT2D eigenvalue weighted by atomic mass is 9.96. The third kappa shape index (κ3) is 6.03. The summed E-state index contributed by atoms with van der Waals surface area (Å²) in [5, 5.41) is 5.47. The second-order valence-electron chi connectivity index (χ2n) is 10.1. The van der Waals surface area contributed by atoms with E-state index in [1.807, 2.05) is 37.3 Å². The zero-order valence-corrected chi connectivity index (χ0v) is 23.0. The number of hydrogen-bond acceptors (Lipinski definition) is 7. The van der Waals surface area contributed by atoms with Gasteiger partial charge in [0.05, 0.1) is 30.4 Å². The van der Waals surface area contributed by atoms with Crippen molar-refractivity contribution in [2.75, 3.05) is 26.8 Å². The molecule has 0 unspecified atom stereocenters. The molecule has 1 aromatic heterocycles. The summed E-state index contributed by atoms with van der Waals surface area (Å²) in [4.78, 5) is 56.5. The van der Waals surface area contributed by atoms with Gasteiger partial charge in [-0.05, 0) is 36.2 Å². The molecule has 5 rings (SSSR count). The fourth-order valence-electron chi connectivity index (χ4n) is 5.02. The predicted molar refractivity (Wildman–Crippen MR) is 150 cm³/mol. The molecule has 1 atom stereocenters. The summed E-state index contributed by atoms with van der Waals surface area (Å²) in [5.41, 5.74) is 2.97. The number of imide groups is 1. The summed E-state index contributed by atoms with van der Waals surface area (Å²) < 4.78 is 11.6. The maximum Gasteiger partial charge on any atom is 0.269 e. The van der Waals surface area contributed by atoms with E-state index < -0.39 is 12.3 Å². The van der Waals surface area contributed by atoms with Gasteiger partial charge in [-0.1, -0.05) is 49.4 Å². The number of fused-ring (bicyclic) bond motifs is 1. The number of nitrogens with zero attached hydrogens (tertiary/aromatic N) is 2. The number of carbonyl (C=O) groups is 4. The SMILES string of the molecule is CNC(=O)c1cc(C(=O)NCCC[C@H]2OC[C@H](N3C(=O)c4ccccc4C3=O)CO2)cc([C@@H](C)c2ccccc2)n1. The molecule has 0 aliphatic carbocycles. The summed E-state index contributed by atoms with van der Waals surface area (Å²) in [6.45, 7) is 2.72. The molecule has 4 amide bonds. The fourth-order valence-corrected chi connectivity index (χ4v) is 5.02. The van der Waals surface area contributed by atoms with Gasteiger partial charge in [-0.2, -0.15) is 0 Å². The Labute approximate surface area is 238 Å². The highest BCUT2D eigenvalue weighted by Gasteiger charge is 2.41. The van der Waals surface area contributed by atoms with Crippen molar-refractivity contribution in [1.29, 1.82) is 0 Å². The standard InChI is InChI=1S/C31H32N4O6/c1-19(20-9-4-3-5-10-20)25-15-21(16-26(34-25)29(37)32-2)28(36)33-14-8-13-27-40-17-22(18-41-27)35-30(38)23-11-6-7-12-24(23)31(35)39/h3-7,9-12,15-16,19,22,27H,8,13-14,17-18H2,1-2H3,(H,32,37)(H,33,36)/t19-,22-,27-/m0/s1. The summed E-state index contributed by atoms with van der Waals surface area (Å²) in [7, 11) is 1.52. The van der Waals surface area contributed by atoms with Crippen molar-refractivity contribution in [2.24, 2.45) is 0 Å². The number of nitrogens with one attached hydrogen (secondary N) is 2. The minimum atomic E-state index is -0.502. The molecule has 2 aliphatic rings. The van der Waals surface area contributed by atoms with Crippen LogP contribution < -0.4 is 10.6 Å². The Balaban J connectivity index is 1.13. The molecule has 3 heterocycles. The Morgan fingerprint density at radius 3 is 2.22 bits per heavy atom. The van der Waals surface area contributed by atoms with Crippen LogP contribution in [0.2, 0.25) is 0 Å². The van der Waals surface area contributed by atoms with Crippen LogP contribution in [0, 0.1) is 0 Å². The Kier molecular flexibility index (Phi) is 8.51. The summed E-state index contributed by atoms with van der Waals surface area (Å²) in [5.74, 6) is -1.46. The van der Waals surface area contributed by atoms with Gasteiger partial charge in [0.25, 0.3) is 23.6 Å². The second kappa shape index (κ2) is 12.4. The first-order valence-corrected chi connectivity index (χ1v) is 13.6. The normalized spacial score (nSPS) is 19.0. The van der Waals surface area contributed by atoms with E-state index in [9.17, 15) is 19.2 Å². The van der Waals surface area contributed by atoms with Gasteiger partial charge in [0.1, 0.15) is 5.69 Å². The van der Waals surface area contributed by atoms with Crippen molar-refractivity contribution in [3.63, 3.8) is 0 Å². The lowest BCUT2D eigenvalue weighted by Crippen LogP contribution is -2.49. The topological polar surface area (TPSA) is 127 Å². The molecule has 0 spiro atoms. The number of carbonyl (C=O) groups excluding carboxylic acids is 4. The van der Waals surface area contributed by atoms with Crippen LogP contribution in [0.1, 0.15) is 78.5 Å². The van der Waals surface area contributed by atoms with Gasteiger partial charge < -0.3 is 20.1 Å². The molecule has 0 bridgehead atoms. The fraction of sp³-hybridized carbons (Fsp3) is 0.323. The van der Waals surface area contributed by atoms with E-state index in [0.29, 0.717) is 41.8 Å². The van der Waals surface area contributed by atoms with Crippen LogP contribution in [0.15, 0.2) is 66.7 Å². The number of hydrogen-bond donors (Lipinski definition) is 2. The molecule has 2 aliphatic heterocycles. The van der Waals surface area contributed by atoms with Crippen LogP contribution in [0.4, 0.5) is 0 Å². The molecule has 2 aromatic carbocycles. The first-order chi connectivity index (χ1) is 19.9. The van der Waals surface area contributed by atoms with Crippen LogP contribution >= 0.6 is 0 Å². The minimum Gasteiger partial charge on any atom is -0.354 e. The number of amides is 4. The summed E-state index contributed by atoms with van der Waals surface area (Å²) in [6.07, 6.45) is 0.595. The molecule has 1 saturated heterocycles. The van der Waals surface area contributed by atoms with Gasteiger partial charge in [-0.25, -0.2) is 4.98 Å². The molecule has 1 fully saturated rings. The molecular weight excluding hydrogens is 524 g/mol. The highest BCUT2D eigenvalue weighted by atomic mass is 16.7. The maximum atomic E-state index is 13.0. The maximum absolute atomic E-state index is 13.0. The molecule has 3 aromatic rings. The van der Waals surface area contributed by atoms with Gasteiger partial charge in [0.2, 0.25) is 0 Å². The zero-order chi connectivity index (χ0) is 28.9. The molecule has 0 radical (unpaired) electrons. The van der Waals surface area contributed by atoms with E-state index in [0.717, 1.165) is 5.56 Å². The van der Waals surface area contributed by atoms with Crippen molar-refractivity contribution < 1.29 is 28.7 Å². The Morgan fingerprint density at radius 2 is 1.59 bits per heavy atom. The lowest BCUT2D eigenvalue weighted by molar-refractivity contribution is -0.199. The summed E-state index contributed by atoms with van der Waals surface area (Å²) in [6, 6.07) is 19.2. The van der Waals surface area contributed by atoms with Gasteiger partial charge >= 0.3 is 0 Å². The van der Waals surface area contributed by atoms with Gasteiger partial charge in [0.15, 0.2) is 6.29 Å². The van der Waals surface area contributed by atoms with Gasteiger partial charge in [0, 0.05) is 37.2 Å². The van der Waals surface area contributed by atoms with Crippen molar-refractivity contribution >= 4 is 23.6 Å². The van der Waals surface area contributed by atoms with Crippen LogP contribution in [0.3, 0.4) is 0 Å². The average molecular weight is 557 g/mol. The van der Waals surface area contributed by atoms with Crippen molar-refractivity contribution in [2.45, 2.75) is 38.0 Å². The van der Waals surface area contributed by atoms with E-state index in [4.69, 9.17) is 9.47 Å². The number of benzene rings is 2. The van der Waals surface area contributed by atoms with Crippen molar-refractivity contribution in [1.82, 2.24) is 20.5 Å². The minimum absolute atomic E-state index is 0.114. The van der Waals surface area contributed by atoms with Crippen LogP contribution in [0.25, 0.3) is 0 Å². The number of aromatic nitrogens is 1. The lowest BCUT2D eigenvalue weighted by Gasteiger charge is -2.33. The average Bonchev–Trinajstić information content (AvgIpc) is 3.28. The Hall–Kier alpha value is -4.41. The molecule has 2 N–H and O–H groups in total. The van der Waals surface area contributed by atoms with Crippen LogP contribution in [-0.2, 0) is 9.47 Å². The third-order valence-electron chi connectivity index (χ3n) is 7.35. The Morgan fingerprint density at radius 1 is 0.951 bits per heavy atom. The number of ether oxygens (including phenoxy) is 2. The molecule has 10 nitrogen and oxygen atoms in total. The van der Waals surface area contributed by atoms with E-state index in [-0.39, 0.29) is 48.5 Å². The van der Waals surface area contributed by atoms with Crippen LogP contribution in [0.5, 0.6) is 0 Å². The first-order valence-electron chi connectivity index (χ1n) is 13.6. The van der Waals surface area contributed by atoms with Crippen molar-refractivity contribution in [3.8, 4) is 0 Å². The van der Waals surface area contributed by atoms with Gasteiger partial charge in [-0.15, -0.1) is 0 Å². The Bertz CT molecular complexity index is 1420. The van der Waals surface area contributed by atoms with Crippen molar-refractivity contribution in [3.05, 3.63) is 100 Å². The van der Waals surface area contributed by atoms with E-state index in [2.05, 4.69) is 15.6 Å². The summed E-state index contributed by atoms with van der Waals surface area (Å²) >= 11 is 0. The third-order valence-corrected chi connectivity index (χ3v) is 7.35. The van der Waals surface area contributed by atoms with E-state index in [1.54, 1.807) is 30.3 Å². The quantitative estimate of drug-likeness (QED) is 0.306. The first kappa shape index (κ1) is 28.1. The zero-order valence-electron chi connectivity index (χ0n) is 23.0. The van der Waals surface area contributed by atoms with Gasteiger partial charge in [-0.3, -0.25) is 24.1 Å². The highest BCUT2D eigenvalue weighted by molar-refractivity contribution is 6.21. The van der Waals surface area contributed by atoms with E-state index in [1.165, 1.54) is 18.0 Å². The van der Waals surface area contributed by atoms with Crippen LogP contribution in [-0.4, -0.2) is 72.7 Å². The number of rotatable bonds is 9. The molecule has 0 saturated carbocycles. The molecule has 212 valence electrons. The number of pyridine rings is 1. The molecule has 41 heavy (non-hydrogen) atoms. The largest absolute Gasteiger partial charge is 0.354 e. The monoisotopic (exact) mass is 556 g/mol. The second-order valence-corrected chi connectivity index (χ2v) is 10.1.